The highest BCUT2D eigenvalue weighted by atomic mass is 32.2. The lowest BCUT2D eigenvalue weighted by Crippen LogP contribution is -2.49. The number of hydrogen-bond acceptors (Lipinski definition) is 7. The Morgan fingerprint density at radius 1 is 1.25 bits per heavy atom. The zero-order valence-corrected chi connectivity index (χ0v) is 21.2. The van der Waals surface area contributed by atoms with E-state index in [2.05, 4.69) is 12.1 Å². The van der Waals surface area contributed by atoms with E-state index in [-0.39, 0.29) is 10.1 Å². The van der Waals surface area contributed by atoms with Crippen LogP contribution < -0.4 is 4.90 Å². The summed E-state index contributed by atoms with van der Waals surface area (Å²) in [5.41, 5.74) is 3.12. The number of carbonyl (C=O) groups excluding carboxylic acids is 1. The van der Waals surface area contributed by atoms with Crippen LogP contribution in [0.2, 0.25) is 0 Å². The Morgan fingerprint density at radius 2 is 2.03 bits per heavy atom. The van der Waals surface area contributed by atoms with Gasteiger partial charge < -0.3 is 4.90 Å². The SMILES string of the molecule is Cc1cc(C)c2nc(N(CCN(C)C)C(=O)C3CCCN3S(=O)(=O)c3cccs3)sc2c1. The van der Waals surface area contributed by atoms with Gasteiger partial charge in [-0.1, -0.05) is 23.5 Å². The van der Waals surface area contributed by atoms with Crippen LogP contribution in [0.3, 0.4) is 0 Å². The number of thiazole rings is 1. The summed E-state index contributed by atoms with van der Waals surface area (Å²) in [5.74, 6) is -0.196. The molecule has 0 saturated carbocycles. The normalized spacial score (nSPS) is 17.5. The molecule has 1 aliphatic rings. The molecule has 1 amide bonds. The molecule has 0 N–H and O–H groups in total. The molecule has 0 spiro atoms. The molecule has 4 rings (SSSR count). The Balaban J connectivity index is 1.70. The molecule has 10 heteroatoms. The van der Waals surface area contributed by atoms with E-state index in [0.717, 1.165) is 21.3 Å². The number of aryl methyl sites for hydroxylation is 2. The molecule has 3 aromatic rings. The number of aromatic nitrogens is 1. The van der Waals surface area contributed by atoms with E-state index in [1.165, 1.54) is 27.0 Å². The van der Waals surface area contributed by atoms with Crippen LogP contribution in [0.5, 0.6) is 0 Å². The van der Waals surface area contributed by atoms with E-state index in [9.17, 15) is 13.2 Å². The van der Waals surface area contributed by atoms with E-state index in [4.69, 9.17) is 4.98 Å². The maximum absolute atomic E-state index is 13.8. The average molecular weight is 493 g/mol. The quantitative estimate of drug-likeness (QED) is 0.503. The summed E-state index contributed by atoms with van der Waals surface area (Å²) in [7, 11) is 0.215. The van der Waals surface area contributed by atoms with Crippen LogP contribution in [0.1, 0.15) is 24.0 Å². The molecule has 1 atom stereocenters. The summed E-state index contributed by atoms with van der Waals surface area (Å²) < 4.78 is 29.1. The highest BCUT2D eigenvalue weighted by Gasteiger charge is 2.42. The number of fused-ring (bicyclic) bond motifs is 1. The third-order valence-corrected chi connectivity index (χ3v) is 9.94. The summed E-state index contributed by atoms with van der Waals surface area (Å²) in [5, 5.41) is 2.37. The Bertz CT molecular complexity index is 1220. The zero-order chi connectivity index (χ0) is 23.0. The van der Waals surface area contributed by atoms with Crippen molar-refractivity contribution in [1.29, 1.82) is 0 Å². The minimum atomic E-state index is -3.70. The molecule has 1 aromatic carbocycles. The number of likely N-dealkylation sites (N-methyl/N-ethyl adjacent to an activating group) is 1. The van der Waals surface area contributed by atoms with Crippen molar-refractivity contribution in [1.82, 2.24) is 14.2 Å². The van der Waals surface area contributed by atoms with Crippen molar-refractivity contribution in [3.63, 3.8) is 0 Å². The van der Waals surface area contributed by atoms with Gasteiger partial charge in [0.1, 0.15) is 10.3 Å². The van der Waals surface area contributed by atoms with Gasteiger partial charge in [0, 0.05) is 19.6 Å². The van der Waals surface area contributed by atoms with Gasteiger partial charge in [-0.15, -0.1) is 11.3 Å². The second kappa shape index (κ2) is 9.18. The van der Waals surface area contributed by atoms with E-state index >= 15 is 0 Å². The van der Waals surface area contributed by atoms with Crippen molar-refractivity contribution in [3.8, 4) is 0 Å². The number of thiophene rings is 1. The molecular weight excluding hydrogens is 464 g/mol. The van der Waals surface area contributed by atoms with E-state index in [0.29, 0.717) is 37.6 Å². The van der Waals surface area contributed by atoms with Crippen LogP contribution in [0.25, 0.3) is 10.2 Å². The summed E-state index contributed by atoms with van der Waals surface area (Å²) in [4.78, 5) is 22.3. The van der Waals surface area contributed by atoms with Crippen molar-refractivity contribution in [2.75, 3.05) is 38.6 Å². The molecule has 0 radical (unpaired) electrons. The average Bonchev–Trinajstić information content (AvgIpc) is 3.47. The largest absolute Gasteiger partial charge is 0.308 e. The second-order valence-corrected chi connectivity index (χ2v) is 12.5. The van der Waals surface area contributed by atoms with Crippen LogP contribution in [0, 0.1) is 13.8 Å². The van der Waals surface area contributed by atoms with Crippen LogP contribution >= 0.6 is 22.7 Å². The van der Waals surface area contributed by atoms with Gasteiger partial charge in [0.2, 0.25) is 5.91 Å². The predicted molar refractivity (Wildman–Crippen MR) is 131 cm³/mol. The van der Waals surface area contributed by atoms with Crippen molar-refractivity contribution < 1.29 is 13.2 Å². The fraction of sp³-hybridized carbons (Fsp3) is 0.455. The minimum Gasteiger partial charge on any atom is -0.308 e. The first kappa shape index (κ1) is 23.3. The Kier molecular flexibility index (Phi) is 6.69. The maximum atomic E-state index is 13.8. The molecule has 0 aliphatic carbocycles. The number of anilines is 1. The molecule has 1 fully saturated rings. The van der Waals surface area contributed by atoms with Gasteiger partial charge >= 0.3 is 0 Å². The number of hydrogen-bond donors (Lipinski definition) is 0. The molecular formula is C22H28N4O3S3. The number of sulfonamides is 1. The number of carbonyl (C=O) groups is 1. The van der Waals surface area contributed by atoms with Gasteiger partial charge in [0.15, 0.2) is 5.13 Å². The number of rotatable bonds is 7. The molecule has 0 bridgehead atoms. The highest BCUT2D eigenvalue weighted by Crippen LogP contribution is 2.34. The van der Waals surface area contributed by atoms with Crippen LogP contribution in [-0.4, -0.2) is 68.3 Å². The Hall–Kier alpha value is -1.85. The summed E-state index contributed by atoms with van der Waals surface area (Å²) >= 11 is 2.67. The summed E-state index contributed by atoms with van der Waals surface area (Å²) in [6.45, 7) is 5.54. The van der Waals surface area contributed by atoms with Gasteiger partial charge in [-0.05, 0) is 69.4 Å². The van der Waals surface area contributed by atoms with Gasteiger partial charge in [-0.2, -0.15) is 4.31 Å². The third kappa shape index (κ3) is 4.47. The summed E-state index contributed by atoms with van der Waals surface area (Å²) in [6, 6.07) is 6.78. The standard InChI is InChI=1S/C22H28N4O3S3/c1-15-13-16(2)20-18(14-15)31-22(23-20)25(11-10-24(3)4)21(27)17-7-5-9-26(17)32(28,29)19-8-6-12-30-19/h6,8,12-14,17H,5,7,9-11H2,1-4H3. The maximum Gasteiger partial charge on any atom is 0.253 e. The molecule has 3 heterocycles. The van der Waals surface area contributed by atoms with Gasteiger partial charge in [-0.3, -0.25) is 9.69 Å². The molecule has 1 unspecified atom stereocenters. The van der Waals surface area contributed by atoms with Crippen molar-refractivity contribution in [2.45, 2.75) is 36.9 Å². The number of amides is 1. The van der Waals surface area contributed by atoms with Crippen molar-refractivity contribution in [2.24, 2.45) is 0 Å². The zero-order valence-electron chi connectivity index (χ0n) is 18.7. The molecule has 2 aromatic heterocycles. The van der Waals surface area contributed by atoms with E-state index in [1.54, 1.807) is 22.4 Å². The monoisotopic (exact) mass is 492 g/mol. The molecule has 172 valence electrons. The Morgan fingerprint density at radius 3 is 2.72 bits per heavy atom. The molecule has 7 nitrogen and oxygen atoms in total. The fourth-order valence-electron chi connectivity index (χ4n) is 4.05. The van der Waals surface area contributed by atoms with E-state index < -0.39 is 16.1 Å². The summed E-state index contributed by atoms with van der Waals surface area (Å²) in [6.07, 6.45) is 1.19. The lowest BCUT2D eigenvalue weighted by atomic mass is 10.1. The van der Waals surface area contributed by atoms with Crippen molar-refractivity contribution >= 4 is 54.0 Å². The highest BCUT2D eigenvalue weighted by molar-refractivity contribution is 7.91. The topological polar surface area (TPSA) is 73.8 Å². The fourth-order valence-corrected chi connectivity index (χ4v) is 8.00. The number of benzene rings is 1. The minimum absolute atomic E-state index is 0.196. The second-order valence-electron chi connectivity index (χ2n) is 8.42. The van der Waals surface area contributed by atoms with Gasteiger partial charge in [-0.25, -0.2) is 13.4 Å². The Labute approximate surface area is 197 Å². The first-order valence-corrected chi connectivity index (χ1v) is 13.7. The molecule has 32 heavy (non-hydrogen) atoms. The van der Waals surface area contributed by atoms with Crippen LogP contribution in [0.15, 0.2) is 33.9 Å². The first-order valence-electron chi connectivity index (χ1n) is 10.6. The van der Waals surface area contributed by atoms with Crippen LogP contribution in [-0.2, 0) is 14.8 Å². The molecule has 1 aliphatic heterocycles. The lowest BCUT2D eigenvalue weighted by molar-refractivity contribution is -0.121. The van der Waals surface area contributed by atoms with Crippen molar-refractivity contribution in [3.05, 3.63) is 40.8 Å². The van der Waals surface area contributed by atoms with E-state index in [1.807, 2.05) is 32.8 Å². The third-order valence-electron chi connectivity index (χ3n) is 5.63. The van der Waals surface area contributed by atoms with Gasteiger partial charge in [0.05, 0.1) is 10.2 Å². The molecule has 1 saturated heterocycles. The lowest BCUT2D eigenvalue weighted by Gasteiger charge is -2.29. The smallest absolute Gasteiger partial charge is 0.253 e. The predicted octanol–water partition coefficient (Wildman–Crippen LogP) is 3.72. The van der Waals surface area contributed by atoms with Crippen LogP contribution in [0.4, 0.5) is 5.13 Å². The number of nitrogens with zero attached hydrogens (tertiary/aromatic N) is 4. The van der Waals surface area contributed by atoms with Gasteiger partial charge in [0.25, 0.3) is 10.0 Å². The first-order chi connectivity index (χ1) is 15.2.